The normalized spacial score (nSPS) is 10.9. The van der Waals surface area contributed by atoms with Gasteiger partial charge in [0.2, 0.25) is 5.88 Å². The molecule has 4 rings (SSSR count). The fraction of sp³-hybridized carbons (Fsp3) is 0.182. The Labute approximate surface area is 158 Å². The molecule has 0 saturated heterocycles. The lowest BCUT2D eigenvalue weighted by Gasteiger charge is -2.06. The molecule has 5 heteroatoms. The Bertz CT molecular complexity index is 1070. The lowest BCUT2D eigenvalue weighted by molar-refractivity contribution is 0.340. The van der Waals surface area contributed by atoms with E-state index in [1.807, 2.05) is 69.4 Å². The highest BCUT2D eigenvalue weighted by molar-refractivity contribution is 5.88. The summed E-state index contributed by atoms with van der Waals surface area (Å²) in [4.78, 5) is 8.78. The van der Waals surface area contributed by atoms with Crippen molar-refractivity contribution in [3.8, 4) is 28.6 Å². The monoisotopic (exact) mass is 359 g/mol. The molecular weight excluding hydrogens is 338 g/mol. The first kappa shape index (κ1) is 17.1. The molecule has 0 amide bonds. The molecule has 0 aliphatic rings. The number of nitrogens with zero attached hydrogens (tertiary/aromatic N) is 3. The fourth-order valence-electron chi connectivity index (χ4n) is 3.08. The van der Waals surface area contributed by atoms with Crippen molar-refractivity contribution in [3.05, 3.63) is 66.5 Å². The van der Waals surface area contributed by atoms with Crippen molar-refractivity contribution in [3.63, 3.8) is 0 Å². The Morgan fingerprint density at radius 3 is 2.33 bits per heavy atom. The maximum Gasteiger partial charge on any atom is 0.231 e. The highest BCUT2D eigenvalue weighted by Gasteiger charge is 2.14. The Balaban J connectivity index is 1.73. The molecule has 0 bridgehead atoms. The number of ether oxygens (including phenoxy) is 2. The van der Waals surface area contributed by atoms with Crippen molar-refractivity contribution in [1.29, 1.82) is 0 Å². The molecule has 5 nitrogen and oxygen atoms in total. The molecule has 0 aliphatic carbocycles. The van der Waals surface area contributed by atoms with Gasteiger partial charge in [-0.3, -0.25) is 0 Å². The standard InChI is InChI=1S/C22H21N3O2/c1-4-26-17-11-7-16(8-12-17)20-13-19-21(25(20)3)23-14-24-22(19)27-18-9-5-15(2)6-10-18/h5-14H,4H2,1-3H3. The number of aryl methyl sites for hydroxylation is 2. The first-order valence-electron chi connectivity index (χ1n) is 8.94. The third-order valence-electron chi connectivity index (χ3n) is 4.48. The highest BCUT2D eigenvalue weighted by atomic mass is 16.5. The van der Waals surface area contributed by atoms with Crippen molar-refractivity contribution < 1.29 is 9.47 Å². The van der Waals surface area contributed by atoms with E-state index in [0.29, 0.717) is 12.5 Å². The number of hydrogen-bond donors (Lipinski definition) is 0. The van der Waals surface area contributed by atoms with Crippen LogP contribution in [0.5, 0.6) is 17.4 Å². The average molecular weight is 359 g/mol. The minimum atomic E-state index is 0.552. The van der Waals surface area contributed by atoms with Gasteiger partial charge < -0.3 is 14.0 Å². The summed E-state index contributed by atoms with van der Waals surface area (Å²) in [7, 11) is 2.00. The maximum atomic E-state index is 6.02. The van der Waals surface area contributed by atoms with Crippen LogP contribution in [0.4, 0.5) is 0 Å². The van der Waals surface area contributed by atoms with Gasteiger partial charge in [-0.25, -0.2) is 9.97 Å². The van der Waals surface area contributed by atoms with Gasteiger partial charge in [-0.15, -0.1) is 0 Å². The fourth-order valence-corrected chi connectivity index (χ4v) is 3.08. The molecule has 4 aromatic rings. The molecule has 0 unspecified atom stereocenters. The van der Waals surface area contributed by atoms with Crippen LogP contribution in [0.15, 0.2) is 60.9 Å². The van der Waals surface area contributed by atoms with Crippen LogP contribution < -0.4 is 9.47 Å². The quantitative estimate of drug-likeness (QED) is 0.495. The molecule has 0 spiro atoms. The minimum absolute atomic E-state index is 0.552. The molecular formula is C22H21N3O2. The summed E-state index contributed by atoms with van der Waals surface area (Å²) in [6.07, 6.45) is 1.54. The van der Waals surface area contributed by atoms with Gasteiger partial charge in [0.1, 0.15) is 23.5 Å². The molecule has 2 heterocycles. The predicted octanol–water partition coefficient (Wildman–Crippen LogP) is 5.13. The number of aromatic nitrogens is 3. The lowest BCUT2D eigenvalue weighted by atomic mass is 10.1. The smallest absolute Gasteiger partial charge is 0.231 e. The molecule has 0 saturated carbocycles. The molecule has 0 fully saturated rings. The number of fused-ring (bicyclic) bond motifs is 1. The lowest BCUT2D eigenvalue weighted by Crippen LogP contribution is -1.95. The Hall–Kier alpha value is -3.34. The molecule has 136 valence electrons. The molecule has 0 atom stereocenters. The maximum absolute atomic E-state index is 6.02. The first-order valence-corrected chi connectivity index (χ1v) is 8.94. The van der Waals surface area contributed by atoms with Crippen LogP contribution >= 0.6 is 0 Å². The van der Waals surface area contributed by atoms with Crippen LogP contribution in [-0.2, 0) is 7.05 Å². The van der Waals surface area contributed by atoms with Gasteiger partial charge in [-0.2, -0.15) is 0 Å². The van der Waals surface area contributed by atoms with Gasteiger partial charge in [0, 0.05) is 7.05 Å². The first-order chi connectivity index (χ1) is 13.2. The summed E-state index contributed by atoms with van der Waals surface area (Å²) >= 11 is 0. The number of benzene rings is 2. The second-order valence-electron chi connectivity index (χ2n) is 6.38. The SMILES string of the molecule is CCOc1ccc(-c2cc3c(Oc4ccc(C)cc4)ncnc3n2C)cc1. The summed E-state index contributed by atoms with van der Waals surface area (Å²) in [5.74, 6) is 2.17. The van der Waals surface area contributed by atoms with Crippen molar-refractivity contribution in [2.75, 3.05) is 6.61 Å². The van der Waals surface area contributed by atoms with Gasteiger partial charge in [-0.1, -0.05) is 17.7 Å². The highest BCUT2D eigenvalue weighted by Crippen LogP contribution is 2.33. The van der Waals surface area contributed by atoms with E-state index in [4.69, 9.17) is 9.47 Å². The number of hydrogen-bond acceptors (Lipinski definition) is 4. The van der Waals surface area contributed by atoms with E-state index >= 15 is 0 Å². The summed E-state index contributed by atoms with van der Waals surface area (Å²) in [6, 6.07) is 18.0. The van der Waals surface area contributed by atoms with E-state index in [1.165, 1.54) is 11.9 Å². The van der Waals surface area contributed by atoms with E-state index in [1.54, 1.807) is 0 Å². The molecule has 0 radical (unpaired) electrons. The summed E-state index contributed by atoms with van der Waals surface area (Å²) in [5.41, 5.74) is 4.14. The zero-order valence-electron chi connectivity index (χ0n) is 15.6. The predicted molar refractivity (Wildman–Crippen MR) is 106 cm³/mol. The summed E-state index contributed by atoms with van der Waals surface area (Å²) in [6.45, 7) is 4.68. The van der Waals surface area contributed by atoms with Crippen molar-refractivity contribution in [1.82, 2.24) is 14.5 Å². The largest absolute Gasteiger partial charge is 0.494 e. The average Bonchev–Trinajstić information content (AvgIpc) is 3.02. The van der Waals surface area contributed by atoms with Crippen LogP contribution in [0.3, 0.4) is 0 Å². The van der Waals surface area contributed by atoms with E-state index in [2.05, 4.69) is 20.6 Å². The Morgan fingerprint density at radius 2 is 1.63 bits per heavy atom. The second-order valence-corrected chi connectivity index (χ2v) is 6.38. The zero-order chi connectivity index (χ0) is 18.8. The van der Waals surface area contributed by atoms with Crippen LogP contribution in [0, 0.1) is 6.92 Å². The van der Waals surface area contributed by atoms with Crippen molar-refractivity contribution in [2.24, 2.45) is 7.05 Å². The van der Waals surface area contributed by atoms with Gasteiger partial charge in [0.05, 0.1) is 17.7 Å². The third-order valence-corrected chi connectivity index (χ3v) is 4.48. The van der Waals surface area contributed by atoms with E-state index < -0.39 is 0 Å². The van der Waals surface area contributed by atoms with Crippen LogP contribution in [0.1, 0.15) is 12.5 Å². The third kappa shape index (κ3) is 3.36. The molecule has 0 aliphatic heterocycles. The van der Waals surface area contributed by atoms with E-state index in [0.717, 1.165) is 33.8 Å². The Morgan fingerprint density at radius 1 is 0.926 bits per heavy atom. The molecule has 2 aromatic heterocycles. The van der Waals surface area contributed by atoms with E-state index in [9.17, 15) is 0 Å². The van der Waals surface area contributed by atoms with Gasteiger partial charge in [0.15, 0.2) is 0 Å². The van der Waals surface area contributed by atoms with Crippen molar-refractivity contribution >= 4 is 11.0 Å². The molecule has 27 heavy (non-hydrogen) atoms. The number of rotatable bonds is 5. The topological polar surface area (TPSA) is 49.2 Å². The van der Waals surface area contributed by atoms with Crippen LogP contribution in [0.25, 0.3) is 22.3 Å². The van der Waals surface area contributed by atoms with Crippen LogP contribution in [0.2, 0.25) is 0 Å². The summed E-state index contributed by atoms with van der Waals surface area (Å²) in [5, 5.41) is 0.879. The van der Waals surface area contributed by atoms with Crippen molar-refractivity contribution in [2.45, 2.75) is 13.8 Å². The molecule has 2 aromatic carbocycles. The Kier molecular flexibility index (Phi) is 4.50. The second kappa shape index (κ2) is 7.11. The minimum Gasteiger partial charge on any atom is -0.494 e. The van der Waals surface area contributed by atoms with Crippen LogP contribution in [-0.4, -0.2) is 21.1 Å². The van der Waals surface area contributed by atoms with Gasteiger partial charge in [0.25, 0.3) is 0 Å². The van der Waals surface area contributed by atoms with E-state index in [-0.39, 0.29) is 0 Å². The summed E-state index contributed by atoms with van der Waals surface area (Å²) < 4.78 is 13.6. The zero-order valence-corrected chi connectivity index (χ0v) is 15.6. The molecule has 0 N–H and O–H groups in total. The van der Waals surface area contributed by atoms with Gasteiger partial charge >= 0.3 is 0 Å². The van der Waals surface area contributed by atoms with Gasteiger partial charge in [-0.05, 0) is 61.9 Å².